The van der Waals surface area contributed by atoms with E-state index in [1.165, 1.54) is 0 Å². The van der Waals surface area contributed by atoms with Crippen molar-refractivity contribution in [3.63, 3.8) is 0 Å². The number of nitrogens with zero attached hydrogens (tertiary/aromatic N) is 2. The minimum atomic E-state index is -0.868. The van der Waals surface area contributed by atoms with Crippen molar-refractivity contribution in [1.82, 2.24) is 10.3 Å². The minimum Gasteiger partial charge on any atom is -0.491 e. The van der Waals surface area contributed by atoms with Gasteiger partial charge in [-0.25, -0.2) is 0 Å². The molecule has 8 nitrogen and oxygen atoms in total. The first kappa shape index (κ1) is 24.9. The lowest BCUT2D eigenvalue weighted by molar-refractivity contribution is -0.136. The standard InChI is InChI=1S/C27H35N3O5/c1-17(2)33-22-11-20(12-23(15-22)34-18(3)4)16-30(21-7-9-28-10-8-21)27-29-24-13-19(14-26(31)32)5-6-25(24)35-27/h5-6,11-13,15,17-18,21,28H,7-10,14,16H2,1-4H3,(H,31,32). The number of hydrogen-bond donors (Lipinski definition) is 2. The topological polar surface area (TPSA) is 97.1 Å². The molecule has 8 heteroatoms. The number of benzene rings is 2. The molecule has 4 rings (SSSR count). The molecule has 0 unspecified atom stereocenters. The Hall–Kier alpha value is -3.26. The largest absolute Gasteiger partial charge is 0.491 e. The maximum atomic E-state index is 11.1. The average molecular weight is 482 g/mol. The van der Waals surface area contributed by atoms with Crippen LogP contribution in [-0.4, -0.2) is 47.4 Å². The van der Waals surface area contributed by atoms with E-state index in [9.17, 15) is 4.79 Å². The lowest BCUT2D eigenvalue weighted by atomic mass is 10.0. The molecule has 35 heavy (non-hydrogen) atoms. The van der Waals surface area contributed by atoms with Crippen LogP contribution in [0.2, 0.25) is 0 Å². The van der Waals surface area contributed by atoms with Crippen molar-refractivity contribution in [2.45, 2.75) is 71.8 Å². The molecule has 0 spiro atoms. The summed E-state index contributed by atoms with van der Waals surface area (Å²) in [5, 5.41) is 12.6. The summed E-state index contributed by atoms with van der Waals surface area (Å²) < 4.78 is 18.2. The van der Waals surface area contributed by atoms with E-state index in [0.29, 0.717) is 29.2 Å². The lowest BCUT2D eigenvalue weighted by Crippen LogP contribution is -2.43. The molecule has 2 aromatic carbocycles. The molecule has 1 saturated heterocycles. The fraction of sp³-hybridized carbons (Fsp3) is 0.481. The highest BCUT2D eigenvalue weighted by atomic mass is 16.5. The molecular formula is C27H35N3O5. The minimum absolute atomic E-state index is 0.0442. The van der Waals surface area contributed by atoms with E-state index >= 15 is 0 Å². The number of aliphatic carboxylic acids is 1. The van der Waals surface area contributed by atoms with Crippen LogP contribution in [0.5, 0.6) is 11.5 Å². The summed E-state index contributed by atoms with van der Waals surface area (Å²) in [4.78, 5) is 18.1. The fourth-order valence-corrected chi connectivity index (χ4v) is 4.44. The number of piperidine rings is 1. The molecule has 0 bridgehead atoms. The van der Waals surface area contributed by atoms with Crippen LogP contribution in [0.1, 0.15) is 51.7 Å². The van der Waals surface area contributed by atoms with Crippen molar-refractivity contribution < 1.29 is 23.8 Å². The zero-order valence-electron chi connectivity index (χ0n) is 20.9. The molecule has 1 aliphatic heterocycles. The fourth-order valence-electron chi connectivity index (χ4n) is 4.44. The molecule has 1 aliphatic rings. The number of nitrogens with one attached hydrogen (secondary N) is 1. The van der Waals surface area contributed by atoms with Gasteiger partial charge in [-0.2, -0.15) is 4.98 Å². The summed E-state index contributed by atoms with van der Waals surface area (Å²) in [6.45, 7) is 10.5. The summed E-state index contributed by atoms with van der Waals surface area (Å²) in [5.74, 6) is 0.677. The van der Waals surface area contributed by atoms with Gasteiger partial charge >= 0.3 is 5.97 Å². The van der Waals surface area contributed by atoms with Crippen LogP contribution in [0.3, 0.4) is 0 Å². The number of carbonyl (C=O) groups is 1. The zero-order chi connectivity index (χ0) is 24.9. The van der Waals surface area contributed by atoms with Crippen molar-refractivity contribution in [1.29, 1.82) is 0 Å². The Kier molecular flexibility index (Phi) is 7.80. The van der Waals surface area contributed by atoms with Gasteiger partial charge < -0.3 is 29.2 Å². The number of anilines is 1. The molecule has 0 aliphatic carbocycles. The van der Waals surface area contributed by atoms with Gasteiger partial charge in [-0.15, -0.1) is 0 Å². The van der Waals surface area contributed by atoms with Crippen molar-refractivity contribution in [3.05, 3.63) is 47.5 Å². The smallest absolute Gasteiger partial charge is 0.307 e. The molecule has 0 atom stereocenters. The third-order valence-electron chi connectivity index (χ3n) is 5.83. The van der Waals surface area contributed by atoms with E-state index in [1.54, 1.807) is 18.2 Å². The first-order valence-electron chi connectivity index (χ1n) is 12.3. The highest BCUT2D eigenvalue weighted by Gasteiger charge is 2.26. The molecule has 0 saturated carbocycles. The van der Waals surface area contributed by atoms with Crippen LogP contribution in [0.25, 0.3) is 11.1 Å². The molecule has 1 fully saturated rings. The zero-order valence-corrected chi connectivity index (χ0v) is 20.9. The van der Waals surface area contributed by atoms with E-state index in [0.717, 1.165) is 43.0 Å². The lowest BCUT2D eigenvalue weighted by Gasteiger charge is -2.33. The highest BCUT2D eigenvalue weighted by Crippen LogP contribution is 2.31. The Labute approximate surface area is 206 Å². The second kappa shape index (κ2) is 11.0. The van der Waals surface area contributed by atoms with E-state index in [4.69, 9.17) is 24.0 Å². The van der Waals surface area contributed by atoms with Crippen LogP contribution in [0.4, 0.5) is 6.01 Å². The Balaban J connectivity index is 1.69. The van der Waals surface area contributed by atoms with E-state index in [-0.39, 0.29) is 24.7 Å². The quantitative estimate of drug-likeness (QED) is 0.427. The molecule has 188 valence electrons. The third kappa shape index (κ3) is 6.66. The number of rotatable bonds is 10. The van der Waals surface area contributed by atoms with Crippen molar-refractivity contribution in [2.24, 2.45) is 0 Å². The molecule has 2 N–H and O–H groups in total. The van der Waals surface area contributed by atoms with Crippen molar-refractivity contribution >= 4 is 23.1 Å². The van der Waals surface area contributed by atoms with Gasteiger partial charge in [-0.3, -0.25) is 4.79 Å². The van der Waals surface area contributed by atoms with E-state index in [2.05, 4.69) is 22.3 Å². The summed E-state index contributed by atoms with van der Waals surface area (Å²) in [5.41, 5.74) is 3.06. The summed E-state index contributed by atoms with van der Waals surface area (Å²) >= 11 is 0. The van der Waals surface area contributed by atoms with Gasteiger partial charge in [-0.05, 0) is 89.0 Å². The van der Waals surface area contributed by atoms with Gasteiger partial charge in [-0.1, -0.05) is 6.07 Å². The Morgan fingerprint density at radius 3 is 2.31 bits per heavy atom. The van der Waals surface area contributed by atoms with E-state index < -0.39 is 5.97 Å². The number of hydrogen-bond acceptors (Lipinski definition) is 7. The molecule has 1 aromatic heterocycles. The monoisotopic (exact) mass is 481 g/mol. The SMILES string of the molecule is CC(C)Oc1cc(CN(c2nc3cc(CC(=O)O)ccc3o2)C2CCNCC2)cc(OC(C)C)c1. The summed E-state index contributed by atoms with van der Waals surface area (Å²) in [6.07, 6.45) is 2.00. The van der Waals surface area contributed by atoms with Crippen LogP contribution in [0.15, 0.2) is 40.8 Å². The maximum absolute atomic E-state index is 11.1. The number of aromatic nitrogens is 1. The van der Waals surface area contributed by atoms with Gasteiger partial charge in [0.2, 0.25) is 0 Å². The Bertz CT molecular complexity index is 1120. The van der Waals surface area contributed by atoms with Crippen molar-refractivity contribution in [3.8, 4) is 11.5 Å². The van der Waals surface area contributed by atoms with Crippen molar-refractivity contribution in [2.75, 3.05) is 18.0 Å². The van der Waals surface area contributed by atoms with Gasteiger partial charge in [0.15, 0.2) is 5.58 Å². The van der Waals surface area contributed by atoms with E-state index in [1.807, 2.05) is 33.8 Å². The van der Waals surface area contributed by atoms with Crippen LogP contribution in [-0.2, 0) is 17.8 Å². The average Bonchev–Trinajstić information content (AvgIpc) is 3.19. The van der Waals surface area contributed by atoms with Crippen LogP contribution >= 0.6 is 0 Å². The summed E-state index contributed by atoms with van der Waals surface area (Å²) in [6, 6.07) is 12.2. The molecule has 0 amide bonds. The van der Waals surface area contributed by atoms with Gasteiger partial charge in [0.25, 0.3) is 6.01 Å². The van der Waals surface area contributed by atoms with Crippen LogP contribution in [0, 0.1) is 0 Å². The normalized spacial score (nSPS) is 14.6. The first-order valence-corrected chi connectivity index (χ1v) is 12.3. The first-order chi connectivity index (χ1) is 16.8. The van der Waals surface area contributed by atoms with Crippen LogP contribution < -0.4 is 19.7 Å². The highest BCUT2D eigenvalue weighted by molar-refractivity contribution is 5.78. The maximum Gasteiger partial charge on any atom is 0.307 e. The Morgan fingerprint density at radius 1 is 1.06 bits per heavy atom. The molecule has 0 radical (unpaired) electrons. The molecular weight excluding hydrogens is 446 g/mol. The number of oxazole rings is 1. The predicted octanol–water partition coefficient (Wildman–Crippen LogP) is 4.79. The predicted molar refractivity (Wildman–Crippen MR) is 135 cm³/mol. The number of ether oxygens (including phenoxy) is 2. The Morgan fingerprint density at radius 2 is 1.71 bits per heavy atom. The number of carboxylic acids is 1. The third-order valence-corrected chi connectivity index (χ3v) is 5.83. The number of fused-ring (bicyclic) bond motifs is 1. The molecule has 2 heterocycles. The second-order valence-corrected chi connectivity index (χ2v) is 9.62. The van der Waals surface area contributed by atoms with Gasteiger partial charge in [0, 0.05) is 18.7 Å². The van der Waals surface area contributed by atoms with Gasteiger partial charge in [0.1, 0.15) is 17.0 Å². The van der Waals surface area contributed by atoms with Gasteiger partial charge in [0.05, 0.1) is 18.6 Å². The summed E-state index contributed by atoms with van der Waals surface area (Å²) in [7, 11) is 0. The second-order valence-electron chi connectivity index (χ2n) is 9.62. The number of carboxylic acid groups (broad SMARTS) is 1. The molecule has 3 aromatic rings.